The fourth-order valence-corrected chi connectivity index (χ4v) is 1.79. The predicted octanol–water partition coefficient (Wildman–Crippen LogP) is 2.49. The molecule has 3 nitrogen and oxygen atoms in total. The van der Waals surface area contributed by atoms with Gasteiger partial charge in [0.05, 0.1) is 5.56 Å². The Hall–Kier alpha value is -0.620. The molecule has 82 valence electrons. The first-order chi connectivity index (χ1) is 7.15. The van der Waals surface area contributed by atoms with Gasteiger partial charge in [0.1, 0.15) is 0 Å². The lowest BCUT2D eigenvalue weighted by atomic mass is 10.1. The van der Waals surface area contributed by atoms with E-state index < -0.39 is 5.97 Å². The predicted molar refractivity (Wildman–Crippen MR) is 68.1 cm³/mol. The molecule has 0 aromatic heterocycles. The molecule has 0 unspecified atom stereocenters. The van der Waals surface area contributed by atoms with Crippen molar-refractivity contribution in [3.8, 4) is 0 Å². The summed E-state index contributed by atoms with van der Waals surface area (Å²) < 4.78 is 0.948. The fraction of sp³-hybridized carbons (Fsp3) is 0.364. The van der Waals surface area contributed by atoms with Crippen molar-refractivity contribution in [1.82, 2.24) is 5.32 Å². The van der Waals surface area contributed by atoms with E-state index in [2.05, 4.69) is 34.8 Å². The van der Waals surface area contributed by atoms with Crippen molar-refractivity contribution in [2.45, 2.75) is 19.9 Å². The molecule has 0 aliphatic carbocycles. The lowest BCUT2D eigenvalue weighted by Crippen LogP contribution is -2.16. The Morgan fingerprint density at radius 3 is 2.87 bits per heavy atom. The first-order valence-corrected chi connectivity index (χ1v) is 5.95. The number of nitrogens with one attached hydrogen (secondary N) is 1. The Bertz CT molecular complexity index is 352. The first-order valence-electron chi connectivity index (χ1n) is 4.87. The molecule has 2 N–H and O–H groups in total. The number of rotatable bonds is 5. The third kappa shape index (κ3) is 3.79. The Morgan fingerprint density at radius 1 is 1.53 bits per heavy atom. The van der Waals surface area contributed by atoms with Crippen molar-refractivity contribution < 1.29 is 9.90 Å². The van der Waals surface area contributed by atoms with Crippen molar-refractivity contribution in [2.75, 3.05) is 6.54 Å². The SMILES string of the molecule is CCCNCc1ccc(I)cc1C(=O)O. The number of carboxylic acids is 1. The van der Waals surface area contributed by atoms with Crippen molar-refractivity contribution >= 4 is 28.6 Å². The molecule has 0 radical (unpaired) electrons. The minimum Gasteiger partial charge on any atom is -0.478 e. The lowest BCUT2D eigenvalue weighted by Gasteiger charge is -2.07. The summed E-state index contributed by atoms with van der Waals surface area (Å²) in [6.45, 7) is 3.61. The van der Waals surface area contributed by atoms with Crippen LogP contribution in [0, 0.1) is 3.57 Å². The van der Waals surface area contributed by atoms with Crippen LogP contribution in [-0.4, -0.2) is 17.6 Å². The maximum absolute atomic E-state index is 11.0. The summed E-state index contributed by atoms with van der Waals surface area (Å²) in [6.07, 6.45) is 1.05. The Morgan fingerprint density at radius 2 is 2.27 bits per heavy atom. The highest BCUT2D eigenvalue weighted by Crippen LogP contribution is 2.14. The number of carboxylic acid groups (broad SMARTS) is 1. The van der Waals surface area contributed by atoms with Gasteiger partial charge in [0, 0.05) is 10.1 Å². The zero-order valence-corrected chi connectivity index (χ0v) is 10.7. The van der Waals surface area contributed by atoms with Gasteiger partial charge in [-0.3, -0.25) is 0 Å². The molecule has 0 saturated heterocycles. The summed E-state index contributed by atoms with van der Waals surface area (Å²) in [5.41, 5.74) is 1.24. The zero-order valence-electron chi connectivity index (χ0n) is 8.59. The summed E-state index contributed by atoms with van der Waals surface area (Å²) in [5.74, 6) is -0.859. The molecule has 0 heterocycles. The van der Waals surface area contributed by atoms with Crippen LogP contribution >= 0.6 is 22.6 Å². The topological polar surface area (TPSA) is 49.3 Å². The third-order valence-electron chi connectivity index (χ3n) is 2.04. The van der Waals surface area contributed by atoms with Crippen LogP contribution in [0.25, 0.3) is 0 Å². The summed E-state index contributed by atoms with van der Waals surface area (Å²) >= 11 is 2.12. The molecule has 0 aliphatic heterocycles. The minimum absolute atomic E-state index is 0.394. The summed E-state index contributed by atoms with van der Waals surface area (Å²) in [5, 5.41) is 12.2. The number of benzene rings is 1. The molecule has 1 aromatic rings. The number of hydrogen-bond donors (Lipinski definition) is 2. The highest BCUT2D eigenvalue weighted by molar-refractivity contribution is 14.1. The molecular formula is C11H14INO2. The first kappa shape index (κ1) is 12.4. The maximum Gasteiger partial charge on any atom is 0.336 e. The average Bonchev–Trinajstić information content (AvgIpc) is 2.20. The van der Waals surface area contributed by atoms with Gasteiger partial charge in [-0.25, -0.2) is 4.79 Å². The van der Waals surface area contributed by atoms with E-state index in [1.807, 2.05) is 12.1 Å². The molecule has 1 rings (SSSR count). The smallest absolute Gasteiger partial charge is 0.336 e. The summed E-state index contributed by atoms with van der Waals surface area (Å²) in [7, 11) is 0. The van der Waals surface area contributed by atoms with Crippen LogP contribution in [0.3, 0.4) is 0 Å². The molecular weight excluding hydrogens is 305 g/mol. The van der Waals surface area contributed by atoms with Crippen LogP contribution in [0.5, 0.6) is 0 Å². The number of halogens is 1. The van der Waals surface area contributed by atoms with Crippen LogP contribution in [0.4, 0.5) is 0 Å². The molecule has 4 heteroatoms. The molecule has 0 fully saturated rings. The van der Waals surface area contributed by atoms with Gasteiger partial charge in [-0.05, 0) is 53.3 Å². The van der Waals surface area contributed by atoms with Gasteiger partial charge in [-0.15, -0.1) is 0 Å². The van der Waals surface area contributed by atoms with Crippen molar-refractivity contribution in [3.63, 3.8) is 0 Å². The van der Waals surface area contributed by atoms with Crippen LogP contribution in [0.2, 0.25) is 0 Å². The molecule has 0 atom stereocenters. The van der Waals surface area contributed by atoms with E-state index in [0.29, 0.717) is 12.1 Å². The zero-order chi connectivity index (χ0) is 11.3. The number of aromatic carboxylic acids is 1. The van der Waals surface area contributed by atoms with Gasteiger partial charge in [0.2, 0.25) is 0 Å². The van der Waals surface area contributed by atoms with Crippen LogP contribution in [0.15, 0.2) is 18.2 Å². The normalized spacial score (nSPS) is 10.3. The Kier molecular flexibility index (Phi) is 5.04. The van der Waals surface area contributed by atoms with E-state index in [-0.39, 0.29) is 0 Å². The molecule has 0 spiro atoms. The maximum atomic E-state index is 11.0. The van der Waals surface area contributed by atoms with Crippen LogP contribution < -0.4 is 5.32 Å². The van der Waals surface area contributed by atoms with E-state index in [0.717, 1.165) is 22.1 Å². The molecule has 0 amide bonds. The number of carbonyl (C=O) groups is 1. The van der Waals surface area contributed by atoms with Crippen molar-refractivity contribution in [1.29, 1.82) is 0 Å². The highest BCUT2D eigenvalue weighted by atomic mass is 127. The van der Waals surface area contributed by atoms with Gasteiger partial charge in [-0.2, -0.15) is 0 Å². The van der Waals surface area contributed by atoms with Crippen LogP contribution in [0.1, 0.15) is 29.3 Å². The second-order valence-electron chi connectivity index (χ2n) is 3.28. The van der Waals surface area contributed by atoms with Gasteiger partial charge >= 0.3 is 5.97 Å². The Labute approximate surface area is 103 Å². The van der Waals surface area contributed by atoms with E-state index in [1.165, 1.54) is 0 Å². The third-order valence-corrected chi connectivity index (χ3v) is 2.72. The van der Waals surface area contributed by atoms with Crippen LogP contribution in [-0.2, 0) is 6.54 Å². The summed E-state index contributed by atoms with van der Waals surface area (Å²) in [4.78, 5) is 11.0. The second kappa shape index (κ2) is 6.07. The van der Waals surface area contributed by atoms with Crippen molar-refractivity contribution in [3.05, 3.63) is 32.9 Å². The van der Waals surface area contributed by atoms with E-state index in [4.69, 9.17) is 5.11 Å². The second-order valence-corrected chi connectivity index (χ2v) is 4.53. The van der Waals surface area contributed by atoms with Gasteiger partial charge in [0.25, 0.3) is 0 Å². The largest absolute Gasteiger partial charge is 0.478 e. The van der Waals surface area contributed by atoms with Gasteiger partial charge in [0.15, 0.2) is 0 Å². The van der Waals surface area contributed by atoms with Crippen molar-refractivity contribution in [2.24, 2.45) is 0 Å². The van der Waals surface area contributed by atoms with Gasteiger partial charge in [-0.1, -0.05) is 13.0 Å². The molecule has 0 saturated carbocycles. The van der Waals surface area contributed by atoms with E-state index in [1.54, 1.807) is 6.07 Å². The quantitative estimate of drug-likeness (QED) is 0.648. The minimum atomic E-state index is -0.859. The standard InChI is InChI=1S/C11H14INO2/c1-2-5-13-7-8-3-4-9(12)6-10(8)11(14)15/h3-4,6,13H,2,5,7H2,1H3,(H,14,15). The molecule has 0 aliphatic rings. The fourth-order valence-electron chi connectivity index (χ4n) is 1.30. The molecule has 1 aromatic carbocycles. The molecule has 0 bridgehead atoms. The molecule has 15 heavy (non-hydrogen) atoms. The van der Waals surface area contributed by atoms with E-state index >= 15 is 0 Å². The van der Waals surface area contributed by atoms with Gasteiger partial charge < -0.3 is 10.4 Å². The highest BCUT2D eigenvalue weighted by Gasteiger charge is 2.09. The lowest BCUT2D eigenvalue weighted by molar-refractivity contribution is 0.0695. The number of hydrogen-bond acceptors (Lipinski definition) is 2. The Balaban J connectivity index is 2.81. The monoisotopic (exact) mass is 319 g/mol. The average molecular weight is 319 g/mol. The van der Waals surface area contributed by atoms with E-state index in [9.17, 15) is 4.79 Å². The summed E-state index contributed by atoms with van der Waals surface area (Å²) in [6, 6.07) is 5.50.